The van der Waals surface area contributed by atoms with Gasteiger partial charge in [-0.1, -0.05) is 18.0 Å². The largest absolute Gasteiger partial charge is 0.469 e. The van der Waals surface area contributed by atoms with Gasteiger partial charge in [0.05, 0.1) is 18.3 Å². The molecule has 1 N–H and O–H groups in total. The summed E-state index contributed by atoms with van der Waals surface area (Å²) in [6.07, 6.45) is 1.54. The lowest BCUT2D eigenvalue weighted by Crippen LogP contribution is -2.35. The quantitative estimate of drug-likeness (QED) is 0.662. The van der Waals surface area contributed by atoms with E-state index in [0.29, 0.717) is 25.0 Å². The van der Waals surface area contributed by atoms with Gasteiger partial charge in [-0.25, -0.2) is 18.4 Å². The second kappa shape index (κ2) is 6.15. The van der Waals surface area contributed by atoms with Crippen LogP contribution < -0.4 is 4.72 Å². The van der Waals surface area contributed by atoms with Gasteiger partial charge in [0.1, 0.15) is 5.15 Å². The van der Waals surface area contributed by atoms with Gasteiger partial charge in [0.15, 0.2) is 0 Å². The zero-order valence-electron chi connectivity index (χ0n) is 11.7. The molecule has 1 aromatic heterocycles. The van der Waals surface area contributed by atoms with Gasteiger partial charge in [0, 0.05) is 5.69 Å². The fraction of sp³-hybridized carbons (Fsp3) is 0.583. The van der Waals surface area contributed by atoms with Crippen molar-refractivity contribution in [2.75, 3.05) is 11.8 Å². The minimum Gasteiger partial charge on any atom is -0.469 e. The fourth-order valence-electron chi connectivity index (χ4n) is 2.50. The summed E-state index contributed by atoms with van der Waals surface area (Å²) < 4.78 is 31.8. The first kappa shape index (κ1) is 16.0. The van der Waals surface area contributed by atoms with Crippen LogP contribution in [0.4, 0.5) is 5.95 Å². The molecule has 0 aliphatic heterocycles. The third-order valence-corrected chi connectivity index (χ3v) is 5.43. The van der Waals surface area contributed by atoms with E-state index in [1.54, 1.807) is 6.92 Å². The standard InChI is InChI=1S/C12H16ClN3O4S/c1-7-6-10(13)15-12(14-7)16-21(18,19)9-5-3-4-8(9)11(17)20-2/h6,8-9H,3-5H2,1-2H3,(H,14,15,16). The Bertz CT molecular complexity index is 630. The summed E-state index contributed by atoms with van der Waals surface area (Å²) in [5, 5.41) is -0.691. The number of rotatable bonds is 4. The summed E-state index contributed by atoms with van der Waals surface area (Å²) in [4.78, 5) is 19.5. The average Bonchev–Trinajstić information content (AvgIpc) is 2.85. The molecular weight excluding hydrogens is 318 g/mol. The number of hydrogen-bond donors (Lipinski definition) is 1. The van der Waals surface area contributed by atoms with E-state index in [4.69, 9.17) is 11.6 Å². The first-order valence-corrected chi connectivity index (χ1v) is 8.36. The minimum absolute atomic E-state index is 0.0875. The van der Waals surface area contributed by atoms with Crippen molar-refractivity contribution in [3.63, 3.8) is 0 Å². The second-order valence-electron chi connectivity index (χ2n) is 4.90. The predicted molar refractivity (Wildman–Crippen MR) is 77.5 cm³/mol. The lowest BCUT2D eigenvalue weighted by atomic mass is 10.1. The Morgan fingerprint density at radius 3 is 2.76 bits per heavy atom. The van der Waals surface area contributed by atoms with Crippen molar-refractivity contribution in [3.05, 3.63) is 16.9 Å². The SMILES string of the molecule is COC(=O)C1CCCC1S(=O)(=O)Nc1nc(C)cc(Cl)n1. The van der Waals surface area contributed by atoms with Crippen LogP contribution in [0.5, 0.6) is 0 Å². The van der Waals surface area contributed by atoms with Crippen molar-refractivity contribution in [2.45, 2.75) is 31.4 Å². The molecule has 21 heavy (non-hydrogen) atoms. The average molecular weight is 334 g/mol. The summed E-state index contributed by atoms with van der Waals surface area (Å²) in [5.74, 6) is -1.26. The normalized spacial score (nSPS) is 22.0. The molecule has 2 atom stereocenters. The maximum Gasteiger partial charge on any atom is 0.310 e. The predicted octanol–water partition coefficient (Wildman–Crippen LogP) is 1.52. The third kappa shape index (κ3) is 3.62. The molecule has 0 spiro atoms. The Morgan fingerprint density at radius 2 is 2.14 bits per heavy atom. The van der Waals surface area contributed by atoms with E-state index in [2.05, 4.69) is 19.4 Å². The van der Waals surface area contributed by atoms with E-state index >= 15 is 0 Å². The third-order valence-electron chi connectivity index (χ3n) is 3.41. The van der Waals surface area contributed by atoms with E-state index in [-0.39, 0.29) is 11.1 Å². The number of ether oxygens (including phenoxy) is 1. The van der Waals surface area contributed by atoms with Crippen molar-refractivity contribution >= 4 is 33.5 Å². The van der Waals surface area contributed by atoms with Crippen LogP contribution in [-0.4, -0.2) is 36.7 Å². The molecule has 7 nitrogen and oxygen atoms in total. The maximum absolute atomic E-state index is 12.4. The number of sulfonamides is 1. The van der Waals surface area contributed by atoms with Crippen LogP contribution in [0.3, 0.4) is 0 Å². The summed E-state index contributed by atoms with van der Waals surface area (Å²) in [7, 11) is -2.53. The number of hydrogen-bond acceptors (Lipinski definition) is 6. The molecule has 9 heteroatoms. The first-order valence-electron chi connectivity index (χ1n) is 6.44. The van der Waals surface area contributed by atoms with Crippen molar-refractivity contribution < 1.29 is 17.9 Å². The number of esters is 1. The van der Waals surface area contributed by atoms with Gasteiger partial charge in [-0.3, -0.25) is 9.52 Å². The Balaban J connectivity index is 2.23. The molecule has 1 aliphatic rings. The van der Waals surface area contributed by atoms with Gasteiger partial charge in [-0.15, -0.1) is 0 Å². The summed E-state index contributed by atoms with van der Waals surface area (Å²) in [5.41, 5.74) is 0.545. The number of aryl methyl sites for hydroxylation is 1. The highest BCUT2D eigenvalue weighted by atomic mass is 35.5. The molecule has 2 unspecified atom stereocenters. The lowest BCUT2D eigenvalue weighted by molar-refractivity contribution is -0.145. The molecule has 116 valence electrons. The highest BCUT2D eigenvalue weighted by Crippen LogP contribution is 2.32. The van der Waals surface area contributed by atoms with Crippen molar-refractivity contribution in [1.29, 1.82) is 0 Å². The number of halogens is 1. The van der Waals surface area contributed by atoms with E-state index < -0.39 is 27.2 Å². The first-order chi connectivity index (χ1) is 9.83. The van der Waals surface area contributed by atoms with E-state index in [0.717, 1.165) is 0 Å². The lowest BCUT2D eigenvalue weighted by Gasteiger charge is -2.18. The molecule has 0 radical (unpaired) electrons. The molecular formula is C12H16ClN3O4S. The zero-order valence-corrected chi connectivity index (χ0v) is 13.2. The van der Waals surface area contributed by atoms with Gasteiger partial charge >= 0.3 is 5.97 Å². The molecule has 0 aromatic carbocycles. The number of nitrogens with one attached hydrogen (secondary N) is 1. The number of nitrogens with zero attached hydrogens (tertiary/aromatic N) is 2. The van der Waals surface area contributed by atoms with Gasteiger partial charge in [0.25, 0.3) is 0 Å². The monoisotopic (exact) mass is 333 g/mol. The van der Waals surface area contributed by atoms with Gasteiger partial charge < -0.3 is 4.74 Å². The van der Waals surface area contributed by atoms with Crippen LogP contribution in [-0.2, 0) is 19.6 Å². The highest BCUT2D eigenvalue weighted by Gasteiger charge is 2.42. The van der Waals surface area contributed by atoms with E-state index in [1.807, 2.05) is 0 Å². The zero-order chi connectivity index (χ0) is 15.6. The van der Waals surface area contributed by atoms with Crippen LogP contribution in [0.1, 0.15) is 25.0 Å². The Kier molecular flexibility index (Phi) is 4.67. The molecule has 2 rings (SSSR count). The molecule has 0 amide bonds. The van der Waals surface area contributed by atoms with Crippen LogP contribution in [0.25, 0.3) is 0 Å². The molecule has 0 saturated heterocycles. The number of aromatic nitrogens is 2. The minimum atomic E-state index is -3.79. The maximum atomic E-state index is 12.4. The Hall–Kier alpha value is -1.41. The van der Waals surface area contributed by atoms with E-state index in [9.17, 15) is 13.2 Å². The van der Waals surface area contributed by atoms with Gasteiger partial charge in [0.2, 0.25) is 16.0 Å². The van der Waals surface area contributed by atoms with Crippen LogP contribution >= 0.6 is 11.6 Å². The molecule has 0 bridgehead atoms. The smallest absolute Gasteiger partial charge is 0.310 e. The molecule has 1 heterocycles. The molecule has 1 saturated carbocycles. The highest BCUT2D eigenvalue weighted by molar-refractivity contribution is 7.93. The second-order valence-corrected chi connectivity index (χ2v) is 7.19. The van der Waals surface area contributed by atoms with E-state index in [1.165, 1.54) is 13.2 Å². The Morgan fingerprint density at radius 1 is 1.43 bits per heavy atom. The van der Waals surface area contributed by atoms with Gasteiger partial charge in [-0.05, 0) is 25.8 Å². The van der Waals surface area contributed by atoms with Crippen LogP contribution in [0.15, 0.2) is 6.07 Å². The molecule has 1 fully saturated rings. The summed E-state index contributed by atoms with van der Waals surface area (Å²) in [6.45, 7) is 1.68. The van der Waals surface area contributed by atoms with Crippen molar-refractivity contribution in [3.8, 4) is 0 Å². The molecule has 1 aliphatic carbocycles. The van der Waals surface area contributed by atoms with Crippen LogP contribution in [0.2, 0.25) is 5.15 Å². The topological polar surface area (TPSA) is 98.2 Å². The fourth-order valence-corrected chi connectivity index (χ4v) is 4.39. The summed E-state index contributed by atoms with van der Waals surface area (Å²) in [6, 6.07) is 1.52. The Labute approximate surface area is 128 Å². The molecule has 1 aromatic rings. The number of anilines is 1. The van der Waals surface area contributed by atoms with Crippen LogP contribution in [0, 0.1) is 12.8 Å². The number of carbonyl (C=O) groups excluding carboxylic acids is 1. The number of methoxy groups -OCH3 is 1. The summed E-state index contributed by atoms with van der Waals surface area (Å²) >= 11 is 5.78. The number of carbonyl (C=O) groups is 1. The van der Waals surface area contributed by atoms with Crippen molar-refractivity contribution in [2.24, 2.45) is 5.92 Å². The van der Waals surface area contributed by atoms with Crippen molar-refractivity contribution in [1.82, 2.24) is 9.97 Å². The van der Waals surface area contributed by atoms with Gasteiger partial charge in [-0.2, -0.15) is 0 Å².